The van der Waals surface area contributed by atoms with Crippen molar-refractivity contribution < 1.29 is 9.90 Å². The van der Waals surface area contributed by atoms with Gasteiger partial charge in [0.25, 0.3) is 0 Å². The lowest BCUT2D eigenvalue weighted by molar-refractivity contribution is -0.109. The van der Waals surface area contributed by atoms with Crippen molar-refractivity contribution in [3.63, 3.8) is 0 Å². The molecule has 0 spiro atoms. The molecule has 1 aromatic rings. The van der Waals surface area contributed by atoms with Crippen molar-refractivity contribution in [3.05, 3.63) is 34.3 Å². The van der Waals surface area contributed by atoms with E-state index in [-0.39, 0.29) is 11.7 Å². The molecule has 0 bridgehead atoms. The van der Waals surface area contributed by atoms with Crippen LogP contribution in [0.2, 0.25) is 5.02 Å². The Morgan fingerprint density at radius 1 is 1.53 bits per heavy atom. The van der Waals surface area contributed by atoms with Gasteiger partial charge in [-0.2, -0.15) is 0 Å². The zero-order valence-corrected chi connectivity index (χ0v) is 11.1. The minimum atomic E-state index is -0.0218. The molecule has 0 aliphatic heterocycles. The van der Waals surface area contributed by atoms with Crippen molar-refractivity contribution in [3.8, 4) is 11.8 Å². The minimum Gasteiger partial charge on any atom is -0.392 e. The van der Waals surface area contributed by atoms with Crippen molar-refractivity contribution in [2.24, 2.45) is 0 Å². The number of thioether (sulfide) groups is 1. The van der Waals surface area contributed by atoms with Crippen LogP contribution in [-0.4, -0.2) is 16.0 Å². The van der Waals surface area contributed by atoms with Crippen LogP contribution >= 0.6 is 23.4 Å². The smallest absolute Gasteiger partial charge is 0.185 e. The van der Waals surface area contributed by atoms with Gasteiger partial charge in [-0.1, -0.05) is 41.3 Å². The monoisotopic (exact) mass is 268 g/mol. The summed E-state index contributed by atoms with van der Waals surface area (Å²) in [5.74, 6) is 6.60. The van der Waals surface area contributed by atoms with E-state index >= 15 is 0 Å². The number of benzene rings is 1. The zero-order chi connectivity index (χ0) is 12.7. The number of rotatable bonds is 3. The Labute approximate surface area is 110 Å². The molecule has 0 unspecified atom stereocenters. The Balaban J connectivity index is 2.61. The molecule has 0 fully saturated rings. The van der Waals surface area contributed by atoms with E-state index in [1.807, 2.05) is 0 Å². The fourth-order valence-electron chi connectivity index (χ4n) is 1.17. The molecule has 0 aliphatic carbocycles. The standard InChI is InChI=1S/C13H13ClO2S/c1-10(16)17-7-3-2-4-12-8-11(9-15)5-6-13(12)14/h5-6,8,15H,3,7,9H2,1H3. The van der Waals surface area contributed by atoms with Gasteiger partial charge in [-0.15, -0.1) is 0 Å². The van der Waals surface area contributed by atoms with E-state index in [1.165, 1.54) is 11.8 Å². The highest BCUT2D eigenvalue weighted by Crippen LogP contribution is 2.16. The van der Waals surface area contributed by atoms with E-state index in [9.17, 15) is 4.79 Å². The highest BCUT2D eigenvalue weighted by atomic mass is 35.5. The molecule has 0 amide bonds. The van der Waals surface area contributed by atoms with E-state index in [2.05, 4.69) is 11.8 Å². The quantitative estimate of drug-likeness (QED) is 0.677. The largest absolute Gasteiger partial charge is 0.392 e. The molecule has 0 atom stereocenters. The van der Waals surface area contributed by atoms with Gasteiger partial charge in [-0.25, -0.2) is 0 Å². The van der Waals surface area contributed by atoms with Crippen molar-refractivity contribution in [1.82, 2.24) is 0 Å². The third-order valence-corrected chi connectivity index (χ3v) is 3.11. The second-order valence-electron chi connectivity index (χ2n) is 3.36. The van der Waals surface area contributed by atoms with Gasteiger partial charge in [-0.05, 0) is 17.7 Å². The Kier molecular flexibility index (Phi) is 6.13. The normalized spacial score (nSPS) is 9.59. The Hall–Kier alpha value is -0.950. The van der Waals surface area contributed by atoms with Crippen LogP contribution in [0.15, 0.2) is 18.2 Å². The van der Waals surface area contributed by atoms with E-state index in [1.54, 1.807) is 25.1 Å². The lowest BCUT2D eigenvalue weighted by Gasteiger charge is -1.99. The summed E-state index contributed by atoms with van der Waals surface area (Å²) in [5.41, 5.74) is 1.50. The highest BCUT2D eigenvalue weighted by molar-refractivity contribution is 8.13. The first-order chi connectivity index (χ1) is 8.13. The fourth-order valence-corrected chi connectivity index (χ4v) is 1.83. The number of aliphatic hydroxyl groups is 1. The van der Waals surface area contributed by atoms with Crippen LogP contribution in [0.4, 0.5) is 0 Å². The van der Waals surface area contributed by atoms with Crippen LogP contribution in [0.5, 0.6) is 0 Å². The molecular formula is C13H13ClO2S. The molecular weight excluding hydrogens is 256 g/mol. The number of carbonyl (C=O) groups is 1. The summed E-state index contributed by atoms with van der Waals surface area (Å²) in [6.07, 6.45) is 0.643. The Bertz CT molecular complexity index is 460. The van der Waals surface area contributed by atoms with Gasteiger partial charge in [-0.3, -0.25) is 4.79 Å². The van der Waals surface area contributed by atoms with Crippen LogP contribution in [0, 0.1) is 11.8 Å². The van der Waals surface area contributed by atoms with Gasteiger partial charge in [0.05, 0.1) is 11.6 Å². The molecule has 17 heavy (non-hydrogen) atoms. The van der Waals surface area contributed by atoms with E-state index < -0.39 is 0 Å². The van der Waals surface area contributed by atoms with Crippen LogP contribution in [0.3, 0.4) is 0 Å². The average molecular weight is 269 g/mol. The molecule has 4 heteroatoms. The number of carbonyl (C=O) groups excluding carboxylic acids is 1. The summed E-state index contributed by atoms with van der Waals surface area (Å²) in [5, 5.41) is 9.67. The third-order valence-electron chi connectivity index (χ3n) is 1.97. The molecule has 0 saturated heterocycles. The number of halogens is 1. The fraction of sp³-hybridized carbons (Fsp3) is 0.308. The zero-order valence-electron chi connectivity index (χ0n) is 9.50. The molecule has 1 rings (SSSR count). The van der Waals surface area contributed by atoms with Gasteiger partial charge in [0.15, 0.2) is 5.12 Å². The summed E-state index contributed by atoms with van der Waals surface area (Å²) in [6.45, 7) is 1.52. The molecule has 1 N–H and O–H groups in total. The van der Waals surface area contributed by atoms with Crippen molar-refractivity contribution in [1.29, 1.82) is 0 Å². The predicted molar refractivity (Wildman–Crippen MR) is 72.0 cm³/mol. The molecule has 0 aliphatic rings. The molecule has 0 radical (unpaired) electrons. The van der Waals surface area contributed by atoms with E-state index in [0.717, 1.165) is 5.56 Å². The van der Waals surface area contributed by atoms with Gasteiger partial charge < -0.3 is 5.11 Å². The van der Waals surface area contributed by atoms with E-state index in [0.29, 0.717) is 22.8 Å². The van der Waals surface area contributed by atoms with Crippen LogP contribution < -0.4 is 0 Å². The second-order valence-corrected chi connectivity index (χ2v) is 5.04. The molecule has 1 aromatic carbocycles. The van der Waals surface area contributed by atoms with Crippen molar-refractivity contribution in [2.45, 2.75) is 20.0 Å². The lowest BCUT2D eigenvalue weighted by atomic mass is 10.1. The molecule has 0 heterocycles. The van der Waals surface area contributed by atoms with E-state index in [4.69, 9.17) is 16.7 Å². The van der Waals surface area contributed by atoms with Crippen LogP contribution in [-0.2, 0) is 11.4 Å². The third kappa shape index (κ3) is 5.27. The lowest BCUT2D eigenvalue weighted by Crippen LogP contribution is -1.86. The second kappa shape index (κ2) is 7.39. The van der Waals surface area contributed by atoms with Crippen LogP contribution in [0.25, 0.3) is 0 Å². The minimum absolute atomic E-state index is 0.0218. The number of hydrogen-bond donors (Lipinski definition) is 1. The number of hydrogen-bond acceptors (Lipinski definition) is 3. The number of aliphatic hydroxyl groups excluding tert-OH is 1. The highest BCUT2D eigenvalue weighted by Gasteiger charge is 1.98. The van der Waals surface area contributed by atoms with Crippen molar-refractivity contribution in [2.75, 3.05) is 5.75 Å². The first kappa shape index (κ1) is 14.1. The van der Waals surface area contributed by atoms with Gasteiger partial charge in [0.2, 0.25) is 0 Å². The molecule has 90 valence electrons. The average Bonchev–Trinajstić information content (AvgIpc) is 2.30. The first-order valence-corrected chi connectivity index (χ1v) is 6.51. The summed E-state index contributed by atoms with van der Waals surface area (Å²) in [6, 6.07) is 5.26. The molecule has 2 nitrogen and oxygen atoms in total. The van der Waals surface area contributed by atoms with Gasteiger partial charge >= 0.3 is 0 Å². The maximum Gasteiger partial charge on any atom is 0.185 e. The van der Waals surface area contributed by atoms with Gasteiger partial charge in [0, 0.05) is 24.7 Å². The molecule has 0 aromatic heterocycles. The summed E-state index contributed by atoms with van der Waals surface area (Å²) in [4.78, 5) is 10.7. The topological polar surface area (TPSA) is 37.3 Å². The molecule has 0 saturated carbocycles. The SMILES string of the molecule is CC(=O)SCCC#Cc1cc(CO)ccc1Cl. The predicted octanol–water partition coefficient (Wildman–Crippen LogP) is 2.85. The Morgan fingerprint density at radius 3 is 2.94 bits per heavy atom. The summed E-state index contributed by atoms with van der Waals surface area (Å²) >= 11 is 7.24. The van der Waals surface area contributed by atoms with Crippen molar-refractivity contribution >= 4 is 28.5 Å². The summed E-state index contributed by atoms with van der Waals surface area (Å²) < 4.78 is 0. The Morgan fingerprint density at radius 2 is 2.29 bits per heavy atom. The summed E-state index contributed by atoms with van der Waals surface area (Å²) in [7, 11) is 0. The van der Waals surface area contributed by atoms with Crippen LogP contribution in [0.1, 0.15) is 24.5 Å². The van der Waals surface area contributed by atoms with Gasteiger partial charge in [0.1, 0.15) is 0 Å². The maximum absolute atomic E-state index is 10.7. The maximum atomic E-state index is 10.7. The first-order valence-electron chi connectivity index (χ1n) is 5.15.